The Morgan fingerprint density at radius 2 is 1.59 bits per heavy atom. The number of amides is 1. The summed E-state index contributed by atoms with van der Waals surface area (Å²) in [7, 11) is 0. The van der Waals surface area contributed by atoms with Gasteiger partial charge in [0.05, 0.1) is 22.8 Å². The first-order chi connectivity index (χ1) is 13.1. The van der Waals surface area contributed by atoms with Crippen LogP contribution in [0.5, 0.6) is 0 Å². The van der Waals surface area contributed by atoms with Crippen LogP contribution in [-0.2, 0) is 11.3 Å². The van der Waals surface area contributed by atoms with Crippen LogP contribution in [0.2, 0.25) is 0 Å². The Labute approximate surface area is 151 Å². The maximum atomic E-state index is 12.4. The van der Waals surface area contributed by atoms with Crippen LogP contribution in [0.3, 0.4) is 0 Å². The zero-order valence-electron chi connectivity index (χ0n) is 14.1. The number of hydrogen-bond donors (Lipinski definition) is 1. The predicted octanol–water partition coefficient (Wildman–Crippen LogP) is 0.662. The molecule has 134 valence electrons. The van der Waals surface area contributed by atoms with Crippen LogP contribution in [0.25, 0.3) is 21.8 Å². The lowest BCUT2D eigenvalue weighted by atomic mass is 10.2. The summed E-state index contributed by atoms with van der Waals surface area (Å²) >= 11 is 0. The average molecular weight is 362 g/mol. The van der Waals surface area contributed by atoms with E-state index in [2.05, 4.69) is 20.7 Å². The predicted molar refractivity (Wildman–Crippen MR) is 98.8 cm³/mol. The molecule has 0 spiro atoms. The largest absolute Gasteiger partial charge is 0.280 e. The Morgan fingerprint density at radius 3 is 2.37 bits per heavy atom. The zero-order chi connectivity index (χ0) is 18.8. The third kappa shape index (κ3) is 3.17. The number of fused-ring (bicyclic) bond motifs is 2. The second kappa shape index (κ2) is 6.79. The number of rotatable bonds is 4. The molecule has 0 aliphatic rings. The number of carbonyl (C=O) groups is 1. The number of nitrogens with one attached hydrogen (secondary N) is 1. The van der Waals surface area contributed by atoms with Crippen LogP contribution in [0.4, 0.5) is 0 Å². The quantitative estimate of drug-likeness (QED) is 0.571. The number of carbonyl (C=O) groups excluding carboxylic acids is 1. The molecular weight excluding hydrogens is 348 g/mol. The number of nitrogens with zero attached hydrogens (tertiary/aromatic N) is 5. The molecule has 4 rings (SSSR count). The van der Waals surface area contributed by atoms with Gasteiger partial charge in [0.15, 0.2) is 0 Å². The minimum absolute atomic E-state index is 0.0399. The van der Waals surface area contributed by atoms with E-state index in [1.807, 2.05) is 0 Å². The van der Waals surface area contributed by atoms with Crippen LogP contribution >= 0.6 is 0 Å². The van der Waals surface area contributed by atoms with Crippen molar-refractivity contribution in [2.24, 2.45) is 0 Å². The molecule has 0 bridgehead atoms. The smallest absolute Gasteiger partial charge is 0.273 e. The van der Waals surface area contributed by atoms with Gasteiger partial charge in [0.2, 0.25) is 5.91 Å². The molecule has 0 unspecified atom stereocenters. The number of aromatic nitrogens is 5. The molecule has 0 atom stereocenters. The lowest BCUT2D eigenvalue weighted by Crippen LogP contribution is -2.34. The second-order valence-corrected chi connectivity index (χ2v) is 5.86. The van der Waals surface area contributed by atoms with Crippen molar-refractivity contribution >= 4 is 27.7 Å². The molecule has 2 heterocycles. The highest BCUT2D eigenvalue weighted by atomic mass is 16.2. The second-order valence-electron chi connectivity index (χ2n) is 5.86. The standard InChI is InChI=1S/C18H14N6O3/c25-16(21-24-11-19-14-7-3-1-5-12(14)18(24)27)9-10-23-17(26)13-6-2-4-8-15(13)20-22-23/h1-8,11H,9-10H2,(H,21,25). The maximum absolute atomic E-state index is 12.4. The van der Waals surface area contributed by atoms with Gasteiger partial charge < -0.3 is 0 Å². The van der Waals surface area contributed by atoms with Crippen molar-refractivity contribution in [3.05, 3.63) is 75.6 Å². The SMILES string of the molecule is O=C(CCn1nnc2ccccc2c1=O)Nn1cnc2ccccc2c1=O. The van der Waals surface area contributed by atoms with E-state index in [4.69, 9.17) is 0 Å². The van der Waals surface area contributed by atoms with Crippen molar-refractivity contribution in [2.45, 2.75) is 13.0 Å². The lowest BCUT2D eigenvalue weighted by Gasteiger charge is -2.09. The number of aryl methyl sites for hydroxylation is 1. The molecule has 0 aliphatic carbocycles. The molecule has 9 nitrogen and oxygen atoms in total. The molecule has 2 aromatic heterocycles. The van der Waals surface area contributed by atoms with E-state index in [-0.39, 0.29) is 24.1 Å². The van der Waals surface area contributed by atoms with Crippen molar-refractivity contribution in [1.29, 1.82) is 0 Å². The van der Waals surface area contributed by atoms with E-state index >= 15 is 0 Å². The van der Waals surface area contributed by atoms with Crippen LogP contribution in [-0.4, -0.2) is 30.6 Å². The van der Waals surface area contributed by atoms with Gasteiger partial charge in [0.25, 0.3) is 11.1 Å². The van der Waals surface area contributed by atoms with Crippen molar-refractivity contribution in [3.8, 4) is 0 Å². The molecule has 0 saturated heterocycles. The highest BCUT2D eigenvalue weighted by Crippen LogP contribution is 2.05. The fourth-order valence-corrected chi connectivity index (χ4v) is 2.72. The highest BCUT2D eigenvalue weighted by molar-refractivity contribution is 5.84. The minimum atomic E-state index is -0.448. The molecule has 0 radical (unpaired) electrons. The van der Waals surface area contributed by atoms with Gasteiger partial charge in [-0.1, -0.05) is 29.5 Å². The Bertz CT molecular complexity index is 1280. The van der Waals surface area contributed by atoms with Crippen LogP contribution < -0.4 is 16.5 Å². The van der Waals surface area contributed by atoms with Gasteiger partial charge in [-0.3, -0.25) is 19.8 Å². The summed E-state index contributed by atoms with van der Waals surface area (Å²) in [6.07, 6.45) is 1.21. The van der Waals surface area contributed by atoms with Crippen molar-refractivity contribution in [1.82, 2.24) is 24.7 Å². The topological polar surface area (TPSA) is 112 Å². The Kier molecular flexibility index (Phi) is 4.17. The maximum Gasteiger partial charge on any atom is 0.280 e. The lowest BCUT2D eigenvalue weighted by molar-refractivity contribution is -0.117. The first-order valence-electron chi connectivity index (χ1n) is 8.22. The number of hydrogen-bond acceptors (Lipinski definition) is 6. The summed E-state index contributed by atoms with van der Waals surface area (Å²) in [6, 6.07) is 13.7. The summed E-state index contributed by atoms with van der Waals surface area (Å²) in [5.74, 6) is -0.448. The molecule has 27 heavy (non-hydrogen) atoms. The van der Waals surface area contributed by atoms with Gasteiger partial charge in [-0.25, -0.2) is 14.3 Å². The van der Waals surface area contributed by atoms with Gasteiger partial charge in [-0.15, -0.1) is 5.10 Å². The van der Waals surface area contributed by atoms with Gasteiger partial charge in [0.1, 0.15) is 11.8 Å². The fraction of sp³-hybridized carbons (Fsp3) is 0.111. The fourth-order valence-electron chi connectivity index (χ4n) is 2.72. The van der Waals surface area contributed by atoms with E-state index < -0.39 is 5.91 Å². The van der Waals surface area contributed by atoms with E-state index in [9.17, 15) is 14.4 Å². The summed E-state index contributed by atoms with van der Waals surface area (Å²) in [6.45, 7) is 0.0399. The molecule has 1 amide bonds. The Morgan fingerprint density at radius 1 is 0.926 bits per heavy atom. The van der Waals surface area contributed by atoms with E-state index in [0.717, 1.165) is 9.36 Å². The Hall–Kier alpha value is -3.88. The minimum Gasteiger partial charge on any atom is -0.273 e. The molecule has 0 aliphatic heterocycles. The summed E-state index contributed by atoms with van der Waals surface area (Å²) in [5, 5.41) is 8.64. The van der Waals surface area contributed by atoms with Gasteiger partial charge in [0, 0.05) is 6.42 Å². The van der Waals surface area contributed by atoms with E-state index in [1.54, 1.807) is 48.5 Å². The first-order valence-corrected chi connectivity index (χ1v) is 8.22. The molecule has 4 aromatic rings. The summed E-state index contributed by atoms with van der Waals surface area (Å²) in [5.41, 5.74) is 2.81. The average Bonchev–Trinajstić information content (AvgIpc) is 2.70. The van der Waals surface area contributed by atoms with Gasteiger partial charge in [-0.05, 0) is 24.3 Å². The normalized spacial score (nSPS) is 11.0. The molecule has 0 saturated carbocycles. The van der Waals surface area contributed by atoms with Crippen LogP contribution in [0, 0.1) is 0 Å². The molecule has 2 aromatic carbocycles. The van der Waals surface area contributed by atoms with E-state index in [0.29, 0.717) is 21.8 Å². The van der Waals surface area contributed by atoms with E-state index in [1.165, 1.54) is 6.33 Å². The zero-order valence-corrected chi connectivity index (χ0v) is 14.1. The number of para-hydroxylation sites is 1. The van der Waals surface area contributed by atoms with Crippen molar-refractivity contribution in [2.75, 3.05) is 5.43 Å². The monoisotopic (exact) mass is 362 g/mol. The van der Waals surface area contributed by atoms with Gasteiger partial charge >= 0.3 is 0 Å². The first kappa shape index (κ1) is 16.6. The van der Waals surface area contributed by atoms with Gasteiger partial charge in [-0.2, -0.15) is 0 Å². The highest BCUT2D eigenvalue weighted by Gasteiger charge is 2.10. The molecular formula is C18H14N6O3. The van der Waals surface area contributed by atoms with Crippen LogP contribution in [0.1, 0.15) is 6.42 Å². The van der Waals surface area contributed by atoms with Crippen molar-refractivity contribution in [3.63, 3.8) is 0 Å². The van der Waals surface area contributed by atoms with Crippen LogP contribution in [0.15, 0.2) is 64.4 Å². The number of benzene rings is 2. The summed E-state index contributed by atoms with van der Waals surface area (Å²) in [4.78, 5) is 41.1. The molecule has 9 heteroatoms. The third-order valence-corrected chi connectivity index (χ3v) is 4.09. The molecule has 0 fully saturated rings. The summed E-state index contributed by atoms with van der Waals surface area (Å²) < 4.78 is 2.16. The molecule has 1 N–H and O–H groups in total. The third-order valence-electron chi connectivity index (χ3n) is 4.09. The van der Waals surface area contributed by atoms with Crippen molar-refractivity contribution < 1.29 is 4.79 Å². The Balaban J connectivity index is 1.51.